The minimum Gasteiger partial charge on any atom is -0.480 e. The van der Waals surface area contributed by atoms with Crippen LogP contribution in [0, 0.1) is 6.92 Å². The lowest BCUT2D eigenvalue weighted by Gasteiger charge is -2.14. The van der Waals surface area contributed by atoms with Crippen molar-refractivity contribution in [3.63, 3.8) is 0 Å². The number of thiazole rings is 1. The van der Waals surface area contributed by atoms with Crippen molar-refractivity contribution in [3.05, 3.63) is 59.1 Å². The van der Waals surface area contributed by atoms with Gasteiger partial charge < -0.3 is 5.11 Å². The Morgan fingerprint density at radius 2 is 1.96 bits per heavy atom. The second-order valence-corrected chi connectivity index (χ2v) is 10.7. The van der Waals surface area contributed by atoms with E-state index in [4.69, 9.17) is 0 Å². The Morgan fingerprint density at radius 3 is 2.59 bits per heavy atom. The average molecular weight is 421 g/mol. The molecule has 3 aromatic rings. The van der Waals surface area contributed by atoms with Gasteiger partial charge in [0.2, 0.25) is 0 Å². The van der Waals surface area contributed by atoms with Crippen LogP contribution in [0.25, 0.3) is 9.88 Å². The largest absolute Gasteiger partial charge is 0.480 e. The van der Waals surface area contributed by atoms with Crippen molar-refractivity contribution >= 4 is 38.7 Å². The van der Waals surface area contributed by atoms with E-state index in [0.717, 1.165) is 31.7 Å². The van der Waals surface area contributed by atoms with E-state index in [0.29, 0.717) is 0 Å². The van der Waals surface area contributed by atoms with Gasteiger partial charge in [-0.3, -0.25) is 4.79 Å². The van der Waals surface area contributed by atoms with Crippen LogP contribution in [-0.4, -0.2) is 30.0 Å². The number of hydrogen-bond acceptors (Lipinski definition) is 6. The predicted molar refractivity (Wildman–Crippen MR) is 105 cm³/mol. The number of aryl methyl sites for hydroxylation is 1. The Labute approximate surface area is 164 Å². The molecule has 2 heterocycles. The molecule has 4 rings (SSSR count). The normalized spacial score (nSPS) is 21.9. The van der Waals surface area contributed by atoms with E-state index in [1.54, 1.807) is 12.3 Å². The topological polar surface area (TPSA) is 96.4 Å². The Hall–Kier alpha value is -2.07. The Morgan fingerprint density at radius 1 is 1.22 bits per heavy atom. The lowest BCUT2D eigenvalue weighted by atomic mass is 10.1. The first-order valence-corrected chi connectivity index (χ1v) is 11.3. The zero-order valence-electron chi connectivity index (χ0n) is 14.2. The van der Waals surface area contributed by atoms with E-state index in [1.165, 1.54) is 17.4 Å². The molecule has 0 spiro atoms. The van der Waals surface area contributed by atoms with Crippen molar-refractivity contribution in [1.82, 2.24) is 9.71 Å². The molecular weight excluding hydrogens is 404 g/mol. The molecule has 6 nitrogen and oxygen atoms in total. The number of nitrogens with zero attached hydrogens (tertiary/aromatic N) is 1. The number of benzene rings is 1. The van der Waals surface area contributed by atoms with Crippen LogP contribution in [0.3, 0.4) is 0 Å². The highest BCUT2D eigenvalue weighted by Crippen LogP contribution is 2.52. The molecule has 0 unspecified atom stereocenters. The molecule has 140 valence electrons. The second kappa shape index (κ2) is 6.52. The highest BCUT2D eigenvalue weighted by atomic mass is 32.2. The molecule has 1 aromatic carbocycles. The monoisotopic (exact) mass is 420 g/mol. The summed E-state index contributed by atoms with van der Waals surface area (Å²) in [6.45, 7) is 1.93. The molecule has 0 aliphatic heterocycles. The minimum atomic E-state index is -3.96. The smallest absolute Gasteiger partial charge is 0.325 e. The molecule has 1 aliphatic carbocycles. The predicted octanol–water partition coefficient (Wildman–Crippen LogP) is 3.47. The van der Waals surface area contributed by atoms with Crippen LogP contribution >= 0.6 is 22.7 Å². The Balaban J connectivity index is 1.61. The molecule has 27 heavy (non-hydrogen) atoms. The first-order chi connectivity index (χ1) is 12.8. The highest BCUT2D eigenvalue weighted by molar-refractivity contribution is 7.91. The van der Waals surface area contributed by atoms with Crippen LogP contribution in [0.15, 0.2) is 52.9 Å². The molecular formula is C18H16N2O4S3. The number of aliphatic carboxylic acids is 1. The van der Waals surface area contributed by atoms with E-state index in [-0.39, 0.29) is 16.5 Å². The van der Waals surface area contributed by atoms with Gasteiger partial charge in [-0.1, -0.05) is 30.3 Å². The van der Waals surface area contributed by atoms with Crippen molar-refractivity contribution < 1.29 is 18.3 Å². The molecule has 2 atom stereocenters. The van der Waals surface area contributed by atoms with Gasteiger partial charge in [0.15, 0.2) is 0 Å². The number of nitrogens with one attached hydrogen (secondary N) is 1. The molecule has 9 heteroatoms. The number of thiophene rings is 1. The number of hydrogen-bond donors (Lipinski definition) is 2. The summed E-state index contributed by atoms with van der Waals surface area (Å²) in [7, 11) is -3.96. The van der Waals surface area contributed by atoms with Gasteiger partial charge in [0.25, 0.3) is 10.0 Å². The van der Waals surface area contributed by atoms with Crippen molar-refractivity contribution in [2.75, 3.05) is 0 Å². The number of carboxylic acids is 1. The van der Waals surface area contributed by atoms with Crippen LogP contribution in [-0.2, 0) is 14.8 Å². The molecule has 2 N–H and O–H groups in total. The summed E-state index contributed by atoms with van der Waals surface area (Å²) in [4.78, 5) is 17.9. The quantitative estimate of drug-likeness (QED) is 0.637. The van der Waals surface area contributed by atoms with E-state index < -0.39 is 21.5 Å². The van der Waals surface area contributed by atoms with E-state index in [2.05, 4.69) is 9.71 Å². The van der Waals surface area contributed by atoms with Gasteiger partial charge in [-0.15, -0.1) is 22.7 Å². The number of sulfonamides is 1. The molecule has 0 saturated heterocycles. The number of carbonyl (C=O) groups is 1. The van der Waals surface area contributed by atoms with E-state index >= 15 is 0 Å². The summed E-state index contributed by atoms with van der Waals surface area (Å²) in [6.07, 6.45) is 1.97. The van der Waals surface area contributed by atoms with Crippen molar-refractivity contribution in [1.29, 1.82) is 0 Å². The van der Waals surface area contributed by atoms with E-state index in [9.17, 15) is 18.3 Å². The number of rotatable bonds is 6. The standard InChI is InChI=1S/C18H16N2O4S3/c1-11-10-19-16(25-11)14-7-8-15(26-14)27(23,24)20-18(17(21)22)9-13(18)12-5-3-2-4-6-12/h2-8,10,13,20H,9H2,1H3,(H,21,22)/t13-,18-/m0/s1. The van der Waals surface area contributed by atoms with Crippen molar-refractivity contribution in [2.24, 2.45) is 0 Å². The number of carboxylic acid groups (broad SMARTS) is 1. The highest BCUT2D eigenvalue weighted by Gasteiger charge is 2.63. The SMILES string of the molecule is Cc1cnc(-c2ccc(S(=O)(=O)N[C@@]3(C(=O)O)C[C@H]3c3ccccc3)s2)s1. The Bertz CT molecular complexity index is 1100. The third-order valence-electron chi connectivity index (χ3n) is 4.54. The Kier molecular flexibility index (Phi) is 4.42. The maximum absolute atomic E-state index is 12.8. The molecule has 1 saturated carbocycles. The van der Waals surface area contributed by atoms with Gasteiger partial charge in [0.1, 0.15) is 14.8 Å². The maximum atomic E-state index is 12.8. The maximum Gasteiger partial charge on any atom is 0.325 e. The van der Waals surface area contributed by atoms with Crippen LogP contribution in [0.1, 0.15) is 22.8 Å². The fraction of sp³-hybridized carbons (Fsp3) is 0.222. The third-order valence-corrected chi connectivity index (χ3v) is 8.71. The molecule has 2 aromatic heterocycles. The summed E-state index contributed by atoms with van der Waals surface area (Å²) < 4.78 is 28.2. The van der Waals surface area contributed by atoms with Crippen LogP contribution in [0.4, 0.5) is 0 Å². The van der Waals surface area contributed by atoms with Gasteiger partial charge >= 0.3 is 5.97 Å². The molecule has 0 radical (unpaired) electrons. The van der Waals surface area contributed by atoms with Gasteiger partial charge in [-0.25, -0.2) is 13.4 Å². The number of aromatic nitrogens is 1. The zero-order valence-corrected chi connectivity index (χ0v) is 16.7. The lowest BCUT2D eigenvalue weighted by Crippen LogP contribution is -2.44. The fourth-order valence-corrected chi connectivity index (χ4v) is 6.62. The van der Waals surface area contributed by atoms with Gasteiger partial charge in [-0.05, 0) is 31.0 Å². The summed E-state index contributed by atoms with van der Waals surface area (Å²) in [6, 6.07) is 12.3. The first kappa shape index (κ1) is 18.3. The lowest BCUT2D eigenvalue weighted by molar-refractivity contribution is -0.140. The average Bonchev–Trinajstić information content (AvgIpc) is 2.98. The summed E-state index contributed by atoms with van der Waals surface area (Å²) in [5.74, 6) is -1.54. The van der Waals surface area contributed by atoms with Gasteiger partial charge in [0.05, 0.1) is 4.88 Å². The molecule has 0 amide bonds. The molecule has 1 fully saturated rings. The first-order valence-electron chi connectivity index (χ1n) is 8.17. The minimum absolute atomic E-state index is 0.0877. The van der Waals surface area contributed by atoms with Gasteiger partial charge in [-0.2, -0.15) is 4.72 Å². The van der Waals surface area contributed by atoms with Crippen LogP contribution in [0.2, 0.25) is 0 Å². The zero-order chi connectivity index (χ0) is 19.2. The van der Waals surface area contributed by atoms with Crippen LogP contribution in [0.5, 0.6) is 0 Å². The van der Waals surface area contributed by atoms with Crippen molar-refractivity contribution in [2.45, 2.75) is 29.0 Å². The summed E-state index contributed by atoms with van der Waals surface area (Å²) >= 11 is 2.57. The van der Waals surface area contributed by atoms with Gasteiger partial charge in [0, 0.05) is 17.0 Å². The van der Waals surface area contributed by atoms with Crippen molar-refractivity contribution in [3.8, 4) is 9.88 Å². The molecule has 0 bridgehead atoms. The van der Waals surface area contributed by atoms with E-state index in [1.807, 2.05) is 37.3 Å². The summed E-state index contributed by atoms with van der Waals surface area (Å²) in [5.41, 5.74) is -0.685. The molecule has 1 aliphatic rings. The fourth-order valence-electron chi connectivity index (χ4n) is 3.08. The second-order valence-electron chi connectivity index (χ2n) is 6.44. The third kappa shape index (κ3) is 3.31. The summed E-state index contributed by atoms with van der Waals surface area (Å²) in [5, 5.41) is 10.5. The van der Waals surface area contributed by atoms with Crippen LogP contribution < -0.4 is 4.72 Å².